The summed E-state index contributed by atoms with van der Waals surface area (Å²) < 4.78 is 4.22. The van der Waals surface area contributed by atoms with Crippen LogP contribution in [0.1, 0.15) is 23.0 Å². The Kier molecular flexibility index (Phi) is 3.16. The second kappa shape index (κ2) is 5.63. The lowest BCUT2D eigenvalue weighted by molar-refractivity contribution is 0.717. The van der Waals surface area contributed by atoms with Gasteiger partial charge in [0.05, 0.1) is 12.9 Å². The third kappa shape index (κ3) is 2.41. The van der Waals surface area contributed by atoms with E-state index < -0.39 is 0 Å². The second-order valence-corrected chi connectivity index (χ2v) is 6.21. The van der Waals surface area contributed by atoms with Crippen molar-refractivity contribution >= 4 is 5.69 Å². The van der Waals surface area contributed by atoms with Gasteiger partial charge in [0.2, 0.25) is 0 Å². The molecule has 0 saturated heterocycles. The van der Waals surface area contributed by atoms with Crippen LogP contribution in [0.4, 0.5) is 5.69 Å². The maximum Gasteiger partial charge on any atom is 0.136 e. The van der Waals surface area contributed by atoms with Crippen LogP contribution >= 0.6 is 0 Å². The van der Waals surface area contributed by atoms with Gasteiger partial charge >= 0.3 is 0 Å². The van der Waals surface area contributed by atoms with Crippen molar-refractivity contribution in [1.29, 1.82) is 0 Å². The number of para-hydroxylation sites is 1. The molecule has 5 rings (SSSR count). The summed E-state index contributed by atoms with van der Waals surface area (Å²) in [5, 5.41) is 3.67. The normalized spacial score (nSPS) is 15.8. The summed E-state index contributed by atoms with van der Waals surface area (Å²) in [6.07, 6.45) is 9.46. The zero-order valence-corrected chi connectivity index (χ0v) is 13.6. The van der Waals surface area contributed by atoms with E-state index in [1.54, 1.807) is 6.20 Å². The van der Waals surface area contributed by atoms with Crippen molar-refractivity contribution in [2.24, 2.45) is 0 Å². The van der Waals surface area contributed by atoms with E-state index in [2.05, 4.69) is 68.4 Å². The van der Waals surface area contributed by atoms with Gasteiger partial charge in [-0.1, -0.05) is 30.3 Å². The van der Waals surface area contributed by atoms with Gasteiger partial charge in [-0.05, 0) is 29.3 Å². The number of nitrogens with zero attached hydrogens (tertiary/aromatic N) is 4. The van der Waals surface area contributed by atoms with Crippen LogP contribution in [0.3, 0.4) is 0 Å². The molecule has 2 aromatic heterocycles. The van der Waals surface area contributed by atoms with Crippen LogP contribution in [-0.2, 0) is 6.54 Å². The zero-order chi connectivity index (χ0) is 16.6. The van der Waals surface area contributed by atoms with Crippen LogP contribution in [0.25, 0.3) is 5.69 Å². The number of anilines is 1. The molecule has 1 unspecified atom stereocenters. The number of nitrogens with one attached hydrogen (secondary N) is 1. The van der Waals surface area contributed by atoms with Crippen LogP contribution in [0, 0.1) is 0 Å². The quantitative estimate of drug-likeness (QED) is 0.611. The summed E-state index contributed by atoms with van der Waals surface area (Å²) in [6.45, 7) is 0.835. The molecule has 5 nitrogen and oxygen atoms in total. The van der Waals surface area contributed by atoms with Crippen LogP contribution < -0.4 is 5.32 Å². The maximum atomic E-state index is 4.62. The van der Waals surface area contributed by atoms with Gasteiger partial charge in [-0.15, -0.1) is 0 Å². The highest BCUT2D eigenvalue weighted by atomic mass is 15.1. The Labute approximate surface area is 145 Å². The zero-order valence-electron chi connectivity index (χ0n) is 13.6. The number of rotatable bonds is 2. The van der Waals surface area contributed by atoms with Gasteiger partial charge in [0.15, 0.2) is 0 Å². The van der Waals surface area contributed by atoms with Crippen molar-refractivity contribution in [3.05, 3.63) is 96.6 Å². The van der Waals surface area contributed by atoms with E-state index in [-0.39, 0.29) is 6.04 Å². The Morgan fingerprint density at radius 2 is 1.84 bits per heavy atom. The lowest BCUT2D eigenvalue weighted by Gasteiger charge is -2.19. The van der Waals surface area contributed by atoms with Gasteiger partial charge in [-0.2, -0.15) is 0 Å². The first-order chi connectivity index (χ1) is 12.4. The number of hydrogen-bond donors (Lipinski definition) is 1. The molecule has 0 spiro atoms. The minimum atomic E-state index is 0.0236. The molecular formula is C20H17N5. The fourth-order valence-electron chi connectivity index (χ4n) is 3.40. The fraction of sp³-hybridized carbons (Fsp3) is 0.100. The Morgan fingerprint density at radius 1 is 0.960 bits per heavy atom. The van der Waals surface area contributed by atoms with E-state index in [1.165, 1.54) is 11.1 Å². The average molecular weight is 327 g/mol. The highest BCUT2D eigenvalue weighted by molar-refractivity contribution is 5.56. The van der Waals surface area contributed by atoms with Crippen molar-refractivity contribution in [3.63, 3.8) is 0 Å². The second-order valence-electron chi connectivity index (χ2n) is 6.21. The first kappa shape index (κ1) is 14.0. The summed E-state index contributed by atoms with van der Waals surface area (Å²) in [5.41, 5.74) is 4.72. The topological polar surface area (TPSA) is 47.7 Å². The van der Waals surface area contributed by atoms with Crippen LogP contribution in [-0.4, -0.2) is 19.1 Å². The standard InChI is InChI=1S/C20H17N5/c1-2-4-18-16(3-1)13-24-12-10-22-20(24)19(23-18)15-5-7-17(8-6-15)25-11-9-21-14-25/h1-12,14,19,23H,13H2. The summed E-state index contributed by atoms with van der Waals surface area (Å²) >= 11 is 0. The molecule has 3 heterocycles. The van der Waals surface area contributed by atoms with Crippen LogP contribution in [0.2, 0.25) is 0 Å². The first-order valence-corrected chi connectivity index (χ1v) is 8.32. The number of benzene rings is 2. The lowest BCUT2D eigenvalue weighted by Crippen LogP contribution is -2.15. The van der Waals surface area contributed by atoms with E-state index in [9.17, 15) is 0 Å². The van der Waals surface area contributed by atoms with Gasteiger partial charge in [0.25, 0.3) is 0 Å². The molecule has 122 valence electrons. The molecule has 1 aliphatic heterocycles. The predicted molar refractivity (Wildman–Crippen MR) is 96.8 cm³/mol. The molecular weight excluding hydrogens is 310 g/mol. The van der Waals surface area contributed by atoms with Crippen LogP contribution in [0.5, 0.6) is 0 Å². The Balaban J connectivity index is 1.57. The maximum absolute atomic E-state index is 4.62. The van der Waals surface area contributed by atoms with Gasteiger partial charge in [-0.3, -0.25) is 0 Å². The SMILES string of the molecule is c1ccc2c(c1)Cn1ccnc1C(c1ccc(-n3ccnc3)cc1)N2. The van der Waals surface area contributed by atoms with Crippen molar-refractivity contribution in [2.45, 2.75) is 12.6 Å². The third-order valence-corrected chi connectivity index (χ3v) is 4.69. The largest absolute Gasteiger partial charge is 0.371 e. The highest BCUT2D eigenvalue weighted by Crippen LogP contribution is 2.32. The number of aromatic nitrogens is 4. The van der Waals surface area contributed by atoms with Gasteiger partial charge < -0.3 is 14.5 Å². The van der Waals surface area contributed by atoms with E-state index in [4.69, 9.17) is 0 Å². The summed E-state index contributed by atoms with van der Waals surface area (Å²) in [5.74, 6) is 1.03. The average Bonchev–Trinajstić information content (AvgIpc) is 3.31. The molecule has 25 heavy (non-hydrogen) atoms. The molecule has 2 aromatic carbocycles. The highest BCUT2D eigenvalue weighted by Gasteiger charge is 2.23. The Bertz CT molecular complexity index is 999. The molecule has 0 amide bonds. The molecule has 0 aliphatic carbocycles. The van der Waals surface area contributed by atoms with Gasteiger partial charge in [0.1, 0.15) is 11.9 Å². The molecule has 5 heteroatoms. The van der Waals surface area contributed by atoms with Crippen molar-refractivity contribution in [1.82, 2.24) is 19.1 Å². The summed E-state index contributed by atoms with van der Waals surface area (Å²) in [4.78, 5) is 8.72. The number of hydrogen-bond acceptors (Lipinski definition) is 3. The van der Waals surface area contributed by atoms with E-state index in [0.717, 1.165) is 23.7 Å². The Morgan fingerprint density at radius 3 is 2.68 bits per heavy atom. The molecule has 0 saturated carbocycles. The van der Waals surface area contributed by atoms with E-state index >= 15 is 0 Å². The third-order valence-electron chi connectivity index (χ3n) is 4.69. The molecule has 1 aliphatic rings. The lowest BCUT2D eigenvalue weighted by atomic mass is 10.1. The van der Waals surface area contributed by atoms with Gasteiger partial charge in [-0.25, -0.2) is 9.97 Å². The Hall–Kier alpha value is -3.34. The number of imidazole rings is 2. The fourth-order valence-corrected chi connectivity index (χ4v) is 3.40. The van der Waals surface area contributed by atoms with Crippen molar-refractivity contribution in [2.75, 3.05) is 5.32 Å². The predicted octanol–water partition coefficient (Wildman–Crippen LogP) is 3.63. The van der Waals surface area contributed by atoms with Crippen LogP contribution in [0.15, 0.2) is 79.6 Å². The van der Waals surface area contributed by atoms with E-state index in [0.29, 0.717) is 0 Å². The van der Waals surface area contributed by atoms with Gasteiger partial charge in [0, 0.05) is 36.2 Å². The molecule has 1 N–H and O–H groups in total. The monoisotopic (exact) mass is 327 g/mol. The minimum Gasteiger partial charge on any atom is -0.371 e. The molecule has 0 bridgehead atoms. The number of fused-ring (bicyclic) bond motifs is 2. The summed E-state index contributed by atoms with van der Waals surface area (Å²) in [6, 6.07) is 17.0. The molecule has 1 atom stereocenters. The molecule has 4 aromatic rings. The van der Waals surface area contributed by atoms with E-state index in [1.807, 2.05) is 29.5 Å². The van der Waals surface area contributed by atoms with Crippen molar-refractivity contribution < 1.29 is 0 Å². The minimum absolute atomic E-state index is 0.0236. The molecule has 0 radical (unpaired) electrons. The smallest absolute Gasteiger partial charge is 0.136 e. The van der Waals surface area contributed by atoms with Crippen molar-refractivity contribution in [3.8, 4) is 5.69 Å². The molecule has 0 fully saturated rings. The summed E-state index contributed by atoms with van der Waals surface area (Å²) in [7, 11) is 0. The first-order valence-electron chi connectivity index (χ1n) is 8.32.